The van der Waals surface area contributed by atoms with E-state index in [4.69, 9.17) is 0 Å². The van der Waals surface area contributed by atoms with E-state index < -0.39 is 0 Å². The van der Waals surface area contributed by atoms with Crippen LogP contribution in [0.2, 0.25) is 0 Å². The zero-order chi connectivity index (χ0) is 17.5. The number of allylic oxidation sites excluding steroid dienone is 3. The first-order chi connectivity index (χ1) is 12.3. The van der Waals surface area contributed by atoms with Crippen molar-refractivity contribution < 1.29 is 0 Å². The van der Waals surface area contributed by atoms with Crippen LogP contribution >= 0.6 is 0 Å². The Morgan fingerprint density at radius 2 is 1.44 bits per heavy atom. The Hall–Kier alpha value is -2.08. The number of fused-ring (bicyclic) bond motifs is 3. The molecule has 0 N–H and O–H groups in total. The van der Waals surface area contributed by atoms with Crippen LogP contribution in [0.1, 0.15) is 63.0 Å². The van der Waals surface area contributed by atoms with Gasteiger partial charge in [0.25, 0.3) is 0 Å². The summed E-state index contributed by atoms with van der Waals surface area (Å²) in [5.41, 5.74) is 5.78. The highest BCUT2D eigenvalue weighted by molar-refractivity contribution is 5.81. The molecule has 2 aromatic rings. The highest BCUT2D eigenvalue weighted by atomic mass is 14.4. The van der Waals surface area contributed by atoms with Gasteiger partial charge in [0.15, 0.2) is 0 Å². The molecule has 25 heavy (non-hydrogen) atoms. The molecule has 0 fully saturated rings. The van der Waals surface area contributed by atoms with E-state index in [-0.39, 0.29) is 5.41 Å². The van der Waals surface area contributed by atoms with Gasteiger partial charge in [-0.15, -0.1) is 6.58 Å². The molecule has 3 rings (SSSR count). The van der Waals surface area contributed by atoms with Gasteiger partial charge in [-0.2, -0.15) is 0 Å². The number of hydrogen-bond acceptors (Lipinski definition) is 0. The van der Waals surface area contributed by atoms with Crippen LogP contribution in [-0.2, 0) is 5.41 Å². The molecule has 130 valence electrons. The van der Waals surface area contributed by atoms with Crippen LogP contribution in [0.3, 0.4) is 0 Å². The molecule has 2 aromatic carbocycles. The SMILES string of the molecule is C=CCC1(CC=CCCCCCC)c2ccccc2-c2ccccc21. The van der Waals surface area contributed by atoms with Gasteiger partial charge in [0.05, 0.1) is 0 Å². The van der Waals surface area contributed by atoms with E-state index in [0.29, 0.717) is 0 Å². The van der Waals surface area contributed by atoms with Gasteiger partial charge in [0, 0.05) is 5.41 Å². The normalized spacial score (nSPS) is 14.4. The second-order valence-electron chi connectivity index (χ2n) is 7.19. The van der Waals surface area contributed by atoms with Crippen molar-refractivity contribution in [2.24, 2.45) is 0 Å². The molecular weight excluding hydrogens is 300 g/mol. The second-order valence-corrected chi connectivity index (χ2v) is 7.19. The van der Waals surface area contributed by atoms with Crippen molar-refractivity contribution in [3.05, 3.63) is 84.5 Å². The van der Waals surface area contributed by atoms with Crippen molar-refractivity contribution in [2.45, 2.75) is 57.3 Å². The van der Waals surface area contributed by atoms with Crippen LogP contribution < -0.4 is 0 Å². The molecule has 0 unspecified atom stereocenters. The molecule has 0 aromatic heterocycles. The fourth-order valence-corrected chi connectivity index (χ4v) is 4.28. The van der Waals surface area contributed by atoms with Gasteiger partial charge in [-0.3, -0.25) is 0 Å². The molecule has 0 spiro atoms. The summed E-state index contributed by atoms with van der Waals surface area (Å²) < 4.78 is 0. The standard InChI is InChI=1S/C25H30/c1-3-5-6-7-8-9-14-20-25(19-4-2)23-17-12-10-15-21(23)22-16-11-13-18-24(22)25/h4,9-18H,2-3,5-8,19-20H2,1H3. The molecule has 1 aliphatic rings. The van der Waals surface area contributed by atoms with E-state index in [0.717, 1.165) is 12.8 Å². The number of hydrogen-bond donors (Lipinski definition) is 0. The van der Waals surface area contributed by atoms with Crippen LogP contribution in [0.25, 0.3) is 11.1 Å². The van der Waals surface area contributed by atoms with Crippen LogP contribution in [0, 0.1) is 0 Å². The Morgan fingerprint density at radius 3 is 2.04 bits per heavy atom. The maximum Gasteiger partial charge on any atom is 0.0283 e. The van der Waals surface area contributed by atoms with E-state index >= 15 is 0 Å². The molecule has 0 radical (unpaired) electrons. The van der Waals surface area contributed by atoms with E-state index in [2.05, 4.69) is 80.3 Å². The Bertz CT molecular complexity index is 690. The number of rotatable bonds is 9. The van der Waals surface area contributed by atoms with E-state index in [1.165, 1.54) is 54.4 Å². The molecule has 0 nitrogen and oxygen atoms in total. The van der Waals surface area contributed by atoms with Crippen LogP contribution in [-0.4, -0.2) is 0 Å². The molecule has 0 saturated heterocycles. The van der Waals surface area contributed by atoms with Gasteiger partial charge in [0.1, 0.15) is 0 Å². The van der Waals surface area contributed by atoms with Crippen molar-refractivity contribution >= 4 is 0 Å². The summed E-state index contributed by atoms with van der Waals surface area (Å²) in [6.45, 7) is 6.34. The van der Waals surface area contributed by atoms with Gasteiger partial charge in [-0.05, 0) is 47.9 Å². The molecule has 0 atom stereocenters. The molecule has 0 heterocycles. The van der Waals surface area contributed by atoms with Crippen LogP contribution in [0.5, 0.6) is 0 Å². The Kier molecular flexibility index (Phi) is 5.91. The highest BCUT2D eigenvalue weighted by Crippen LogP contribution is 2.52. The third-order valence-corrected chi connectivity index (χ3v) is 5.53. The minimum Gasteiger partial charge on any atom is -0.103 e. The fraction of sp³-hybridized carbons (Fsp3) is 0.360. The van der Waals surface area contributed by atoms with Gasteiger partial charge in [0.2, 0.25) is 0 Å². The van der Waals surface area contributed by atoms with Gasteiger partial charge >= 0.3 is 0 Å². The quantitative estimate of drug-likeness (QED) is 0.331. The van der Waals surface area contributed by atoms with Gasteiger partial charge in [-0.1, -0.05) is 92.9 Å². The van der Waals surface area contributed by atoms with Gasteiger partial charge in [-0.25, -0.2) is 0 Å². The summed E-state index contributed by atoms with van der Waals surface area (Å²) in [7, 11) is 0. The van der Waals surface area contributed by atoms with Crippen molar-refractivity contribution in [3.8, 4) is 11.1 Å². The predicted octanol–water partition coefficient (Wildman–Crippen LogP) is 7.45. The van der Waals surface area contributed by atoms with Crippen molar-refractivity contribution in [1.82, 2.24) is 0 Å². The van der Waals surface area contributed by atoms with E-state index in [1.54, 1.807) is 0 Å². The number of unbranched alkanes of at least 4 members (excludes halogenated alkanes) is 4. The first-order valence-electron chi connectivity index (χ1n) is 9.79. The minimum absolute atomic E-state index is 0.0505. The lowest BCUT2D eigenvalue weighted by molar-refractivity contribution is 0.541. The van der Waals surface area contributed by atoms with E-state index in [1.807, 2.05) is 0 Å². The maximum absolute atomic E-state index is 4.07. The maximum atomic E-state index is 4.07. The predicted molar refractivity (Wildman–Crippen MR) is 110 cm³/mol. The first kappa shape index (κ1) is 17.7. The molecular formula is C25H30. The lowest BCUT2D eigenvalue weighted by atomic mass is 9.73. The molecule has 0 heteroatoms. The Morgan fingerprint density at radius 1 is 0.800 bits per heavy atom. The molecule has 0 bridgehead atoms. The van der Waals surface area contributed by atoms with Crippen molar-refractivity contribution in [2.75, 3.05) is 0 Å². The molecule has 1 aliphatic carbocycles. The first-order valence-corrected chi connectivity index (χ1v) is 9.79. The van der Waals surface area contributed by atoms with Crippen molar-refractivity contribution in [3.63, 3.8) is 0 Å². The van der Waals surface area contributed by atoms with Crippen LogP contribution in [0.15, 0.2) is 73.3 Å². The summed E-state index contributed by atoms with van der Waals surface area (Å²) in [5, 5.41) is 0. The average Bonchev–Trinajstić information content (AvgIpc) is 2.93. The zero-order valence-corrected chi connectivity index (χ0v) is 15.5. The second kappa shape index (κ2) is 8.34. The highest BCUT2D eigenvalue weighted by Gasteiger charge is 2.40. The van der Waals surface area contributed by atoms with Crippen molar-refractivity contribution in [1.29, 1.82) is 0 Å². The molecule has 0 aliphatic heterocycles. The third-order valence-electron chi connectivity index (χ3n) is 5.53. The minimum atomic E-state index is 0.0505. The molecule has 0 amide bonds. The summed E-state index contributed by atoms with van der Waals surface area (Å²) in [5.74, 6) is 0. The molecule has 0 saturated carbocycles. The largest absolute Gasteiger partial charge is 0.103 e. The van der Waals surface area contributed by atoms with Gasteiger partial charge < -0.3 is 0 Å². The Labute approximate surface area is 153 Å². The van der Waals surface area contributed by atoms with E-state index in [9.17, 15) is 0 Å². The number of benzene rings is 2. The lowest BCUT2D eigenvalue weighted by Gasteiger charge is -2.30. The monoisotopic (exact) mass is 330 g/mol. The summed E-state index contributed by atoms with van der Waals surface area (Å²) in [6.07, 6.45) is 15.5. The third kappa shape index (κ3) is 3.49. The van der Waals surface area contributed by atoms with Crippen LogP contribution in [0.4, 0.5) is 0 Å². The topological polar surface area (TPSA) is 0 Å². The summed E-state index contributed by atoms with van der Waals surface area (Å²) >= 11 is 0. The Balaban J connectivity index is 1.87. The average molecular weight is 331 g/mol. The summed E-state index contributed by atoms with van der Waals surface area (Å²) in [6, 6.07) is 17.8. The zero-order valence-electron chi connectivity index (χ0n) is 15.5. The smallest absolute Gasteiger partial charge is 0.0283 e. The fourth-order valence-electron chi connectivity index (χ4n) is 4.28. The lowest BCUT2D eigenvalue weighted by Crippen LogP contribution is -2.23. The summed E-state index contributed by atoms with van der Waals surface area (Å²) in [4.78, 5) is 0.